The highest BCUT2D eigenvalue weighted by Crippen LogP contribution is 2.35. The van der Waals surface area contributed by atoms with Crippen LogP contribution in [0.15, 0.2) is 24.5 Å². The standard InChI is InChI=1S/C31H39N7O3S/c1-19-27-29(32-18-33-30(27)42-28(19)31(39)38-11-13-41-14-12-38)34-24-7-9-37(10-8-24)17-22-5-6-26(40-4)23(15-22)16-25-20(2)35-36-21(25)3/h5-6,15,18,24H,7-14,16-17H2,1-4H3,(H,35,36)(H,32,33,34). The number of likely N-dealkylation sites (tertiary alicyclic amines) is 1. The molecular weight excluding hydrogens is 550 g/mol. The summed E-state index contributed by atoms with van der Waals surface area (Å²) in [4.78, 5) is 28.4. The SMILES string of the molecule is COc1ccc(CN2CCC(Nc3ncnc4sc(C(=O)N5CCOCC5)c(C)c34)CC2)cc1Cc1c(C)n[nH]c1C. The van der Waals surface area contributed by atoms with Gasteiger partial charge < -0.3 is 19.7 Å². The first-order chi connectivity index (χ1) is 20.4. The molecule has 2 fully saturated rings. The highest BCUT2D eigenvalue weighted by Gasteiger charge is 2.26. The number of aromatic amines is 1. The molecule has 0 radical (unpaired) electrons. The largest absolute Gasteiger partial charge is 0.496 e. The Balaban J connectivity index is 1.10. The number of ether oxygens (including phenoxy) is 2. The second kappa shape index (κ2) is 12.4. The van der Waals surface area contributed by atoms with Crippen molar-refractivity contribution in [2.45, 2.75) is 52.6 Å². The minimum Gasteiger partial charge on any atom is -0.496 e. The molecule has 42 heavy (non-hydrogen) atoms. The van der Waals surface area contributed by atoms with Crippen LogP contribution in [0.4, 0.5) is 5.82 Å². The van der Waals surface area contributed by atoms with Crippen LogP contribution in [-0.4, -0.2) is 88.4 Å². The Labute approximate surface area is 250 Å². The van der Waals surface area contributed by atoms with E-state index in [0.717, 1.165) is 82.5 Å². The number of fused-ring (bicyclic) bond motifs is 1. The van der Waals surface area contributed by atoms with Crippen LogP contribution in [0.3, 0.4) is 0 Å². The van der Waals surface area contributed by atoms with Gasteiger partial charge in [-0.1, -0.05) is 12.1 Å². The van der Waals surface area contributed by atoms with Crippen molar-refractivity contribution < 1.29 is 14.3 Å². The molecule has 5 heterocycles. The van der Waals surface area contributed by atoms with Crippen molar-refractivity contribution in [3.63, 3.8) is 0 Å². The number of morpholine rings is 1. The number of H-pyrrole nitrogens is 1. The van der Waals surface area contributed by atoms with E-state index in [2.05, 4.69) is 55.5 Å². The number of methoxy groups -OCH3 is 1. The monoisotopic (exact) mass is 589 g/mol. The smallest absolute Gasteiger partial charge is 0.264 e. The molecule has 4 aromatic rings. The molecule has 1 aromatic carbocycles. The zero-order valence-corrected chi connectivity index (χ0v) is 25.6. The molecule has 2 N–H and O–H groups in total. The molecular formula is C31H39N7O3S. The number of thiophene rings is 1. The van der Waals surface area contributed by atoms with Crippen molar-refractivity contribution in [1.29, 1.82) is 0 Å². The first-order valence-electron chi connectivity index (χ1n) is 14.7. The lowest BCUT2D eigenvalue weighted by atomic mass is 9.99. The fourth-order valence-corrected chi connectivity index (χ4v) is 7.19. The maximum atomic E-state index is 13.2. The molecule has 6 rings (SSSR count). The third-order valence-electron chi connectivity index (χ3n) is 8.55. The van der Waals surface area contributed by atoms with E-state index in [1.54, 1.807) is 13.4 Å². The normalized spacial score (nSPS) is 16.7. The molecule has 222 valence electrons. The average molecular weight is 590 g/mol. The van der Waals surface area contributed by atoms with Crippen LogP contribution >= 0.6 is 11.3 Å². The van der Waals surface area contributed by atoms with Crippen LogP contribution < -0.4 is 10.1 Å². The van der Waals surface area contributed by atoms with Crippen molar-refractivity contribution in [2.75, 3.05) is 51.8 Å². The Morgan fingerprint density at radius 2 is 1.93 bits per heavy atom. The molecule has 0 spiro atoms. The van der Waals surface area contributed by atoms with Crippen molar-refractivity contribution >= 4 is 33.3 Å². The number of nitrogens with one attached hydrogen (secondary N) is 2. The Bertz CT molecular complexity index is 1550. The summed E-state index contributed by atoms with van der Waals surface area (Å²) in [5, 5.41) is 12.1. The molecule has 0 atom stereocenters. The van der Waals surface area contributed by atoms with E-state index in [4.69, 9.17) is 9.47 Å². The van der Waals surface area contributed by atoms with Gasteiger partial charge in [0.25, 0.3) is 5.91 Å². The molecule has 0 unspecified atom stereocenters. The Hall–Kier alpha value is -3.54. The number of benzene rings is 1. The number of hydrogen-bond acceptors (Lipinski definition) is 9. The van der Waals surface area contributed by atoms with Gasteiger partial charge in [-0.25, -0.2) is 9.97 Å². The topological polar surface area (TPSA) is 108 Å². The quantitative estimate of drug-likeness (QED) is 0.310. The van der Waals surface area contributed by atoms with Gasteiger partial charge in [-0.2, -0.15) is 5.10 Å². The number of aryl methyl sites for hydroxylation is 3. The van der Waals surface area contributed by atoms with Gasteiger partial charge in [-0.05, 0) is 56.4 Å². The van der Waals surface area contributed by atoms with Gasteiger partial charge in [0, 0.05) is 56.4 Å². The predicted molar refractivity (Wildman–Crippen MR) is 165 cm³/mol. The van der Waals surface area contributed by atoms with Crippen LogP contribution in [0, 0.1) is 20.8 Å². The molecule has 0 aliphatic carbocycles. The molecule has 0 bridgehead atoms. The van der Waals surface area contributed by atoms with E-state index in [-0.39, 0.29) is 5.91 Å². The van der Waals surface area contributed by atoms with E-state index < -0.39 is 0 Å². The summed E-state index contributed by atoms with van der Waals surface area (Å²) in [6, 6.07) is 6.86. The number of rotatable bonds is 8. The zero-order chi connectivity index (χ0) is 29.2. The average Bonchev–Trinajstić information content (AvgIpc) is 3.52. The van der Waals surface area contributed by atoms with Gasteiger partial charge in [0.1, 0.15) is 22.7 Å². The van der Waals surface area contributed by atoms with Crippen molar-refractivity contribution in [1.82, 2.24) is 30.0 Å². The van der Waals surface area contributed by atoms with Crippen LogP contribution in [0.2, 0.25) is 0 Å². The van der Waals surface area contributed by atoms with E-state index in [1.165, 1.54) is 28.0 Å². The second-order valence-corrected chi connectivity index (χ2v) is 12.3. The fourth-order valence-electron chi connectivity index (χ4n) is 6.08. The minimum absolute atomic E-state index is 0.0646. The second-order valence-electron chi connectivity index (χ2n) is 11.3. The summed E-state index contributed by atoms with van der Waals surface area (Å²) in [6.45, 7) is 11.5. The fraction of sp³-hybridized carbons (Fsp3) is 0.484. The van der Waals surface area contributed by atoms with Gasteiger partial charge in [0.2, 0.25) is 0 Å². The van der Waals surface area contributed by atoms with Crippen molar-refractivity contribution in [2.24, 2.45) is 0 Å². The molecule has 10 nitrogen and oxygen atoms in total. The van der Waals surface area contributed by atoms with Gasteiger partial charge in [-0.15, -0.1) is 11.3 Å². The van der Waals surface area contributed by atoms with Gasteiger partial charge in [0.15, 0.2) is 0 Å². The van der Waals surface area contributed by atoms with E-state index >= 15 is 0 Å². The summed E-state index contributed by atoms with van der Waals surface area (Å²) in [7, 11) is 1.73. The maximum absolute atomic E-state index is 13.2. The molecule has 3 aromatic heterocycles. The molecule has 1 amide bonds. The summed E-state index contributed by atoms with van der Waals surface area (Å²) < 4.78 is 11.1. The lowest BCUT2D eigenvalue weighted by Crippen LogP contribution is -2.40. The van der Waals surface area contributed by atoms with Crippen LogP contribution in [0.1, 0.15) is 56.2 Å². The Morgan fingerprint density at radius 3 is 2.64 bits per heavy atom. The molecule has 0 saturated carbocycles. The van der Waals surface area contributed by atoms with Crippen molar-refractivity contribution in [3.05, 3.63) is 63.0 Å². The maximum Gasteiger partial charge on any atom is 0.264 e. The summed E-state index contributed by atoms with van der Waals surface area (Å²) >= 11 is 1.46. The first-order valence-corrected chi connectivity index (χ1v) is 15.5. The molecule has 2 aliphatic rings. The number of hydrogen-bond donors (Lipinski definition) is 2. The van der Waals surface area contributed by atoms with E-state index in [1.807, 2.05) is 18.7 Å². The first kappa shape index (κ1) is 28.6. The third kappa shape index (κ3) is 5.86. The predicted octanol–water partition coefficient (Wildman–Crippen LogP) is 4.49. The lowest BCUT2D eigenvalue weighted by Gasteiger charge is -2.33. The Kier molecular flexibility index (Phi) is 8.41. The summed E-state index contributed by atoms with van der Waals surface area (Å²) in [5.74, 6) is 1.81. The summed E-state index contributed by atoms with van der Waals surface area (Å²) in [5.41, 5.74) is 6.81. The highest BCUT2D eigenvalue weighted by molar-refractivity contribution is 7.20. The number of carbonyl (C=O) groups is 1. The number of carbonyl (C=O) groups excluding carboxylic acids is 1. The van der Waals surface area contributed by atoms with Gasteiger partial charge >= 0.3 is 0 Å². The van der Waals surface area contributed by atoms with Crippen molar-refractivity contribution in [3.8, 4) is 5.75 Å². The number of amides is 1. The zero-order valence-electron chi connectivity index (χ0n) is 24.8. The van der Waals surface area contributed by atoms with Crippen LogP contribution in [0.25, 0.3) is 10.2 Å². The third-order valence-corrected chi connectivity index (χ3v) is 9.73. The Morgan fingerprint density at radius 1 is 1.14 bits per heavy atom. The number of aromatic nitrogens is 4. The van der Waals surface area contributed by atoms with Crippen LogP contribution in [-0.2, 0) is 17.7 Å². The number of nitrogens with zero attached hydrogens (tertiary/aromatic N) is 5. The van der Waals surface area contributed by atoms with Gasteiger partial charge in [-0.3, -0.25) is 14.8 Å². The number of piperidine rings is 1. The van der Waals surface area contributed by atoms with E-state index in [9.17, 15) is 4.79 Å². The minimum atomic E-state index is 0.0646. The molecule has 2 aliphatic heterocycles. The van der Waals surface area contributed by atoms with Crippen LogP contribution in [0.5, 0.6) is 5.75 Å². The lowest BCUT2D eigenvalue weighted by molar-refractivity contribution is 0.0306. The number of anilines is 1. The highest BCUT2D eigenvalue weighted by atomic mass is 32.1. The van der Waals surface area contributed by atoms with E-state index in [0.29, 0.717) is 32.3 Å². The van der Waals surface area contributed by atoms with Gasteiger partial charge in [0.05, 0.1) is 36.3 Å². The molecule has 11 heteroatoms. The summed E-state index contributed by atoms with van der Waals surface area (Å²) in [6.07, 6.45) is 4.44. The molecule has 2 saturated heterocycles.